The SMILES string of the molecule is Cc1cccnc1NC(=O)c1ccc(-c2nn([C@H]3C[C@@H]4CN[C@H]3C4)c3ncnc(N)c23)cc1. The Kier molecular flexibility index (Phi) is 4.58. The van der Waals surface area contributed by atoms with Gasteiger partial charge in [-0.15, -0.1) is 0 Å². The largest absolute Gasteiger partial charge is 0.383 e. The fourth-order valence-corrected chi connectivity index (χ4v) is 5.10. The number of anilines is 2. The molecule has 33 heavy (non-hydrogen) atoms. The van der Waals surface area contributed by atoms with E-state index in [0.717, 1.165) is 40.8 Å². The van der Waals surface area contributed by atoms with E-state index in [1.165, 1.54) is 12.7 Å². The van der Waals surface area contributed by atoms with Crippen molar-refractivity contribution in [3.63, 3.8) is 0 Å². The standard InChI is InChI=1S/C24H24N8O/c1-13-3-2-8-26-22(13)30-24(33)16-6-4-15(5-7-16)20-19-21(25)28-12-29-23(19)32(31-20)18-10-14-9-17(18)27-11-14/h2-8,12,14,17-18,27H,9-11H2,1H3,(H2,25,28,29)(H,26,30,33)/t14-,17+,18+/m1/s1. The molecule has 4 aromatic rings. The van der Waals surface area contributed by atoms with Crippen molar-refractivity contribution in [1.82, 2.24) is 30.0 Å². The second kappa shape index (κ2) is 7.63. The number of rotatable bonds is 4. The molecule has 0 spiro atoms. The second-order valence-electron chi connectivity index (χ2n) is 8.87. The van der Waals surface area contributed by atoms with Crippen LogP contribution in [0.2, 0.25) is 0 Å². The minimum atomic E-state index is -0.213. The lowest BCUT2D eigenvalue weighted by Gasteiger charge is -2.23. The lowest BCUT2D eigenvalue weighted by Crippen LogP contribution is -2.35. The molecule has 3 aromatic heterocycles. The average Bonchev–Trinajstić information content (AvgIpc) is 3.55. The maximum absolute atomic E-state index is 12.7. The molecule has 1 saturated carbocycles. The first-order valence-electron chi connectivity index (χ1n) is 11.1. The van der Waals surface area contributed by atoms with E-state index in [1.54, 1.807) is 18.3 Å². The zero-order valence-corrected chi connectivity index (χ0v) is 18.2. The van der Waals surface area contributed by atoms with Gasteiger partial charge in [-0.2, -0.15) is 5.10 Å². The minimum Gasteiger partial charge on any atom is -0.383 e. The molecule has 2 bridgehead atoms. The molecule has 0 radical (unpaired) electrons. The molecule has 1 aliphatic heterocycles. The van der Waals surface area contributed by atoms with E-state index in [9.17, 15) is 4.79 Å². The van der Waals surface area contributed by atoms with E-state index in [4.69, 9.17) is 10.8 Å². The average molecular weight is 441 g/mol. The Hall–Kier alpha value is -3.85. The molecular weight excluding hydrogens is 416 g/mol. The third kappa shape index (κ3) is 3.32. The number of carbonyl (C=O) groups is 1. The number of nitrogens with two attached hydrogens (primary N) is 1. The summed E-state index contributed by atoms with van der Waals surface area (Å²) in [6, 6.07) is 11.7. The van der Waals surface area contributed by atoms with Gasteiger partial charge in [0.1, 0.15) is 23.7 Å². The van der Waals surface area contributed by atoms with Crippen LogP contribution in [0.4, 0.5) is 11.6 Å². The maximum atomic E-state index is 12.7. The Morgan fingerprint density at radius 1 is 1.15 bits per heavy atom. The lowest BCUT2D eigenvalue weighted by molar-refractivity contribution is 0.102. The quantitative estimate of drug-likeness (QED) is 0.446. The van der Waals surface area contributed by atoms with Crippen LogP contribution in [0.5, 0.6) is 0 Å². The van der Waals surface area contributed by atoms with Gasteiger partial charge in [-0.05, 0) is 56.0 Å². The molecular formula is C24H24N8O. The number of hydrogen-bond acceptors (Lipinski definition) is 7. The van der Waals surface area contributed by atoms with Gasteiger partial charge < -0.3 is 16.4 Å². The van der Waals surface area contributed by atoms with Gasteiger partial charge in [-0.1, -0.05) is 18.2 Å². The van der Waals surface area contributed by atoms with Gasteiger partial charge in [-0.25, -0.2) is 19.6 Å². The van der Waals surface area contributed by atoms with Crippen LogP contribution in [0.1, 0.15) is 34.8 Å². The first kappa shape index (κ1) is 19.8. The predicted octanol–water partition coefficient (Wildman–Crippen LogP) is 2.95. The number of piperidine rings is 1. The molecule has 4 N–H and O–H groups in total. The molecule has 2 fully saturated rings. The Balaban J connectivity index is 1.34. The highest BCUT2D eigenvalue weighted by Crippen LogP contribution is 2.41. The number of aromatic nitrogens is 5. The number of nitrogens with one attached hydrogen (secondary N) is 2. The number of carbonyl (C=O) groups excluding carboxylic acids is 1. The van der Waals surface area contributed by atoms with Crippen LogP contribution in [0.15, 0.2) is 48.9 Å². The fourth-order valence-electron chi connectivity index (χ4n) is 5.10. The Morgan fingerprint density at radius 2 is 2.00 bits per heavy atom. The smallest absolute Gasteiger partial charge is 0.256 e. The number of fused-ring (bicyclic) bond motifs is 3. The lowest BCUT2D eigenvalue weighted by atomic mass is 10.1. The van der Waals surface area contributed by atoms with Gasteiger partial charge in [0.05, 0.1) is 11.4 Å². The van der Waals surface area contributed by atoms with Gasteiger partial charge >= 0.3 is 0 Å². The number of hydrogen-bond donors (Lipinski definition) is 3. The molecule has 6 rings (SSSR count). The van der Waals surface area contributed by atoms with E-state index in [2.05, 4.69) is 25.6 Å². The minimum absolute atomic E-state index is 0.213. The van der Waals surface area contributed by atoms with Crippen molar-refractivity contribution in [3.8, 4) is 11.3 Å². The summed E-state index contributed by atoms with van der Waals surface area (Å²) >= 11 is 0. The van der Waals surface area contributed by atoms with Crippen molar-refractivity contribution in [3.05, 3.63) is 60.0 Å². The first-order valence-corrected chi connectivity index (χ1v) is 11.1. The zero-order chi connectivity index (χ0) is 22.5. The summed E-state index contributed by atoms with van der Waals surface area (Å²) < 4.78 is 2.02. The normalized spacial score (nSPS) is 21.5. The van der Waals surface area contributed by atoms with Crippen LogP contribution in [-0.4, -0.2) is 43.2 Å². The summed E-state index contributed by atoms with van der Waals surface area (Å²) in [7, 11) is 0. The van der Waals surface area contributed by atoms with Crippen LogP contribution >= 0.6 is 0 Å². The predicted molar refractivity (Wildman–Crippen MR) is 126 cm³/mol. The van der Waals surface area contributed by atoms with Gasteiger partial charge in [0, 0.05) is 23.4 Å². The van der Waals surface area contributed by atoms with Crippen molar-refractivity contribution in [2.75, 3.05) is 17.6 Å². The van der Waals surface area contributed by atoms with Crippen LogP contribution < -0.4 is 16.4 Å². The van der Waals surface area contributed by atoms with Crippen molar-refractivity contribution in [2.45, 2.75) is 31.8 Å². The number of benzene rings is 1. The topological polar surface area (TPSA) is 124 Å². The third-order valence-electron chi connectivity index (χ3n) is 6.79. The zero-order valence-electron chi connectivity index (χ0n) is 18.2. The Morgan fingerprint density at radius 3 is 2.73 bits per heavy atom. The summed E-state index contributed by atoms with van der Waals surface area (Å²) in [5, 5.41) is 12.2. The van der Waals surface area contributed by atoms with E-state index < -0.39 is 0 Å². The first-order chi connectivity index (χ1) is 16.1. The van der Waals surface area contributed by atoms with Crippen molar-refractivity contribution < 1.29 is 4.79 Å². The van der Waals surface area contributed by atoms with Crippen LogP contribution in [0.25, 0.3) is 22.3 Å². The van der Waals surface area contributed by atoms with Crippen molar-refractivity contribution in [1.29, 1.82) is 0 Å². The summed E-state index contributed by atoms with van der Waals surface area (Å²) in [6.07, 6.45) is 5.41. The number of aryl methyl sites for hydroxylation is 1. The molecule has 2 aliphatic rings. The third-order valence-corrected chi connectivity index (χ3v) is 6.79. The highest BCUT2D eigenvalue weighted by atomic mass is 16.1. The summed E-state index contributed by atoms with van der Waals surface area (Å²) in [6.45, 7) is 2.98. The molecule has 9 nitrogen and oxygen atoms in total. The fraction of sp³-hybridized carbons (Fsp3) is 0.292. The summed E-state index contributed by atoms with van der Waals surface area (Å²) in [5.74, 6) is 1.43. The van der Waals surface area contributed by atoms with Crippen LogP contribution in [-0.2, 0) is 0 Å². The molecule has 0 unspecified atom stereocenters. The van der Waals surface area contributed by atoms with Crippen molar-refractivity contribution >= 4 is 28.6 Å². The molecule has 1 aliphatic carbocycles. The van der Waals surface area contributed by atoms with Crippen LogP contribution in [0.3, 0.4) is 0 Å². The molecule has 1 saturated heterocycles. The van der Waals surface area contributed by atoms with Gasteiger partial charge in [0.25, 0.3) is 5.91 Å². The number of nitrogen functional groups attached to an aromatic ring is 1. The molecule has 9 heteroatoms. The van der Waals surface area contributed by atoms with Gasteiger partial charge in [0.2, 0.25) is 0 Å². The summed E-state index contributed by atoms with van der Waals surface area (Å²) in [5.41, 5.74) is 10.1. The number of amides is 1. The highest BCUT2D eigenvalue weighted by Gasteiger charge is 2.42. The van der Waals surface area contributed by atoms with E-state index in [-0.39, 0.29) is 11.9 Å². The summed E-state index contributed by atoms with van der Waals surface area (Å²) in [4.78, 5) is 25.7. The Labute approximate surface area is 190 Å². The van der Waals surface area contributed by atoms with Crippen LogP contribution in [0, 0.1) is 12.8 Å². The van der Waals surface area contributed by atoms with E-state index in [1.807, 2.05) is 35.9 Å². The van der Waals surface area contributed by atoms with Gasteiger partial charge in [-0.3, -0.25) is 4.79 Å². The van der Waals surface area contributed by atoms with Crippen molar-refractivity contribution in [2.24, 2.45) is 5.92 Å². The number of pyridine rings is 1. The highest BCUT2D eigenvalue weighted by molar-refractivity contribution is 6.05. The molecule has 1 aromatic carbocycles. The second-order valence-corrected chi connectivity index (χ2v) is 8.87. The molecule has 3 atom stereocenters. The molecule has 1 amide bonds. The van der Waals surface area contributed by atoms with E-state index in [0.29, 0.717) is 29.2 Å². The number of nitrogens with zero attached hydrogens (tertiary/aromatic N) is 5. The van der Waals surface area contributed by atoms with E-state index >= 15 is 0 Å². The Bertz CT molecular complexity index is 1360. The molecule has 166 valence electrons. The molecule has 4 heterocycles. The maximum Gasteiger partial charge on any atom is 0.256 e. The van der Waals surface area contributed by atoms with Gasteiger partial charge in [0.15, 0.2) is 5.65 Å². The monoisotopic (exact) mass is 440 g/mol.